The quantitative estimate of drug-likeness (QED) is 0.600. The maximum atomic E-state index is 11.9. The minimum atomic E-state index is -0.500. The molecule has 0 saturated heterocycles. The first kappa shape index (κ1) is 20.5. The summed E-state index contributed by atoms with van der Waals surface area (Å²) in [5, 5.41) is 4.55. The summed E-state index contributed by atoms with van der Waals surface area (Å²) in [5.41, 5.74) is 1.10. The van der Waals surface area contributed by atoms with Crippen molar-refractivity contribution in [1.29, 1.82) is 0 Å². The molecule has 2 amide bonds. The molecule has 0 aliphatic carbocycles. The largest absolute Gasteiger partial charge is 0.455 e. The number of hydrogen-bond acceptors (Lipinski definition) is 5. The van der Waals surface area contributed by atoms with Crippen LogP contribution in [0.25, 0.3) is 0 Å². The molecule has 0 aliphatic heterocycles. The Bertz CT molecular complexity index is 566. The number of amides is 2. The summed E-state index contributed by atoms with van der Waals surface area (Å²) in [6.45, 7) is 3.50. The van der Waals surface area contributed by atoms with Gasteiger partial charge in [0.2, 0.25) is 5.91 Å². The summed E-state index contributed by atoms with van der Waals surface area (Å²) in [5.74, 6) is -0.562. The van der Waals surface area contributed by atoms with Gasteiger partial charge in [0, 0.05) is 16.8 Å². The van der Waals surface area contributed by atoms with E-state index in [0.717, 1.165) is 10.0 Å². The molecule has 1 rings (SSSR count). The van der Waals surface area contributed by atoms with E-state index >= 15 is 0 Å². The van der Waals surface area contributed by atoms with Crippen LogP contribution in [0.1, 0.15) is 19.4 Å². The normalized spacial score (nSPS) is 11.5. The van der Waals surface area contributed by atoms with Crippen molar-refractivity contribution >= 4 is 45.5 Å². The molecular weight excluding hydrogens is 396 g/mol. The van der Waals surface area contributed by atoms with Crippen molar-refractivity contribution in [2.45, 2.75) is 24.9 Å². The third-order valence-corrected chi connectivity index (χ3v) is 4.63. The van der Waals surface area contributed by atoms with Gasteiger partial charge in [0.25, 0.3) is 5.91 Å². The van der Waals surface area contributed by atoms with Crippen LogP contribution in [0.3, 0.4) is 0 Å². The molecule has 6 nitrogen and oxygen atoms in total. The number of ether oxygens (including phenoxy) is 1. The van der Waals surface area contributed by atoms with E-state index in [9.17, 15) is 14.4 Å². The Morgan fingerprint density at radius 3 is 2.46 bits per heavy atom. The van der Waals surface area contributed by atoms with Crippen molar-refractivity contribution in [3.05, 3.63) is 34.3 Å². The first-order valence-electron chi connectivity index (χ1n) is 7.48. The SMILES string of the molecule is CCNC(=O)CNC(=O)COC(=O)[C@H](C)SCc1ccc(Br)cc1. The first-order valence-corrected chi connectivity index (χ1v) is 9.32. The number of nitrogens with one attached hydrogen (secondary N) is 2. The zero-order chi connectivity index (χ0) is 17.9. The predicted octanol–water partition coefficient (Wildman–Crippen LogP) is 1.87. The van der Waals surface area contributed by atoms with E-state index in [0.29, 0.717) is 12.3 Å². The monoisotopic (exact) mass is 416 g/mol. The molecule has 0 unspecified atom stereocenters. The molecule has 132 valence electrons. The number of hydrogen-bond donors (Lipinski definition) is 2. The average molecular weight is 417 g/mol. The van der Waals surface area contributed by atoms with Gasteiger partial charge in [-0.25, -0.2) is 0 Å². The Morgan fingerprint density at radius 2 is 1.83 bits per heavy atom. The van der Waals surface area contributed by atoms with Crippen LogP contribution < -0.4 is 10.6 Å². The molecule has 0 saturated carbocycles. The topological polar surface area (TPSA) is 84.5 Å². The number of carbonyl (C=O) groups is 3. The minimum Gasteiger partial charge on any atom is -0.455 e. The van der Waals surface area contributed by atoms with E-state index in [4.69, 9.17) is 4.74 Å². The maximum Gasteiger partial charge on any atom is 0.319 e. The highest BCUT2D eigenvalue weighted by molar-refractivity contribution is 9.10. The van der Waals surface area contributed by atoms with Crippen molar-refractivity contribution in [3.63, 3.8) is 0 Å². The van der Waals surface area contributed by atoms with Gasteiger partial charge in [0.05, 0.1) is 11.8 Å². The van der Waals surface area contributed by atoms with Gasteiger partial charge < -0.3 is 15.4 Å². The van der Waals surface area contributed by atoms with Crippen molar-refractivity contribution in [2.24, 2.45) is 0 Å². The standard InChI is InChI=1S/C16H21BrN2O4S/c1-3-18-14(20)8-19-15(21)9-23-16(22)11(2)24-10-12-4-6-13(17)7-5-12/h4-7,11H,3,8-10H2,1-2H3,(H,18,20)(H,19,21)/t11-/m0/s1. The molecule has 0 bridgehead atoms. The van der Waals surface area contributed by atoms with E-state index in [-0.39, 0.29) is 24.3 Å². The highest BCUT2D eigenvalue weighted by atomic mass is 79.9. The van der Waals surface area contributed by atoms with Crippen LogP contribution in [-0.4, -0.2) is 42.7 Å². The second-order valence-electron chi connectivity index (χ2n) is 4.92. The second kappa shape index (κ2) is 11.1. The molecule has 1 aromatic carbocycles. The van der Waals surface area contributed by atoms with Crippen molar-refractivity contribution < 1.29 is 19.1 Å². The summed E-state index contributed by atoms with van der Waals surface area (Å²) in [4.78, 5) is 34.6. The predicted molar refractivity (Wildman–Crippen MR) is 97.6 cm³/mol. The van der Waals surface area contributed by atoms with Crippen molar-refractivity contribution in [3.8, 4) is 0 Å². The number of carbonyl (C=O) groups excluding carboxylic acids is 3. The fraction of sp³-hybridized carbons (Fsp3) is 0.438. The lowest BCUT2D eigenvalue weighted by Crippen LogP contribution is -2.39. The summed E-state index contributed by atoms with van der Waals surface area (Å²) in [6, 6.07) is 7.84. The lowest BCUT2D eigenvalue weighted by atomic mass is 10.2. The second-order valence-corrected chi connectivity index (χ2v) is 7.16. The van der Waals surface area contributed by atoms with Crippen LogP contribution in [0, 0.1) is 0 Å². The smallest absolute Gasteiger partial charge is 0.319 e. The van der Waals surface area contributed by atoms with Gasteiger partial charge in [-0.1, -0.05) is 28.1 Å². The van der Waals surface area contributed by atoms with E-state index < -0.39 is 11.9 Å². The molecule has 0 aliphatic rings. The Labute approximate surface area is 154 Å². The third kappa shape index (κ3) is 8.35. The highest BCUT2D eigenvalue weighted by Crippen LogP contribution is 2.20. The van der Waals surface area contributed by atoms with Crippen LogP contribution in [0.5, 0.6) is 0 Å². The lowest BCUT2D eigenvalue weighted by molar-refractivity contribution is -0.147. The molecular formula is C16H21BrN2O4S. The van der Waals surface area contributed by atoms with E-state index in [1.165, 1.54) is 11.8 Å². The van der Waals surface area contributed by atoms with Gasteiger partial charge in [-0.05, 0) is 31.5 Å². The minimum absolute atomic E-state index is 0.127. The van der Waals surface area contributed by atoms with Gasteiger partial charge in [0.1, 0.15) is 0 Å². The summed E-state index contributed by atoms with van der Waals surface area (Å²) < 4.78 is 5.96. The van der Waals surface area contributed by atoms with Crippen LogP contribution in [0.2, 0.25) is 0 Å². The van der Waals surface area contributed by atoms with Crippen molar-refractivity contribution in [1.82, 2.24) is 10.6 Å². The molecule has 1 aromatic rings. The van der Waals surface area contributed by atoms with Gasteiger partial charge in [0.15, 0.2) is 6.61 Å². The Morgan fingerprint density at radius 1 is 1.17 bits per heavy atom. The van der Waals surface area contributed by atoms with Crippen LogP contribution >= 0.6 is 27.7 Å². The number of rotatable bonds is 9. The van der Waals surface area contributed by atoms with E-state index in [1.807, 2.05) is 24.3 Å². The fourth-order valence-corrected chi connectivity index (χ4v) is 2.72. The van der Waals surface area contributed by atoms with Crippen LogP contribution in [0.15, 0.2) is 28.7 Å². The maximum absolute atomic E-state index is 11.9. The average Bonchev–Trinajstić information content (AvgIpc) is 2.57. The molecule has 0 spiro atoms. The molecule has 0 radical (unpaired) electrons. The number of halogens is 1. The molecule has 24 heavy (non-hydrogen) atoms. The molecule has 0 heterocycles. The summed E-state index contributed by atoms with van der Waals surface area (Å²) in [7, 11) is 0. The molecule has 8 heteroatoms. The number of esters is 1. The number of thioether (sulfide) groups is 1. The summed E-state index contributed by atoms with van der Waals surface area (Å²) in [6.07, 6.45) is 0. The zero-order valence-electron chi connectivity index (χ0n) is 13.6. The first-order chi connectivity index (χ1) is 11.4. The highest BCUT2D eigenvalue weighted by Gasteiger charge is 2.16. The number of benzene rings is 1. The van der Waals surface area contributed by atoms with Crippen LogP contribution in [0.4, 0.5) is 0 Å². The van der Waals surface area contributed by atoms with Gasteiger partial charge in [-0.3, -0.25) is 14.4 Å². The summed E-state index contributed by atoms with van der Waals surface area (Å²) >= 11 is 4.80. The van der Waals surface area contributed by atoms with Gasteiger partial charge >= 0.3 is 5.97 Å². The van der Waals surface area contributed by atoms with Gasteiger partial charge in [-0.2, -0.15) is 0 Å². The third-order valence-electron chi connectivity index (χ3n) is 2.91. The van der Waals surface area contributed by atoms with E-state index in [2.05, 4.69) is 26.6 Å². The Balaban J connectivity index is 2.24. The molecule has 2 N–H and O–H groups in total. The fourth-order valence-electron chi connectivity index (χ4n) is 1.61. The Kier molecular flexibility index (Phi) is 9.48. The lowest BCUT2D eigenvalue weighted by Gasteiger charge is -2.11. The van der Waals surface area contributed by atoms with E-state index in [1.54, 1.807) is 13.8 Å². The number of likely N-dealkylation sites (N-methyl/N-ethyl adjacent to an activating group) is 1. The van der Waals surface area contributed by atoms with Gasteiger partial charge in [-0.15, -0.1) is 11.8 Å². The Hall–Kier alpha value is -1.54. The molecule has 1 atom stereocenters. The van der Waals surface area contributed by atoms with Crippen molar-refractivity contribution in [2.75, 3.05) is 19.7 Å². The molecule has 0 fully saturated rings. The molecule has 0 aromatic heterocycles. The van der Waals surface area contributed by atoms with Crippen LogP contribution in [-0.2, 0) is 24.9 Å². The zero-order valence-corrected chi connectivity index (χ0v) is 16.0.